The molecule has 0 bridgehead atoms. The van der Waals surface area contributed by atoms with Crippen molar-refractivity contribution in [2.45, 2.75) is 12.5 Å². The summed E-state index contributed by atoms with van der Waals surface area (Å²) < 4.78 is 14.7. The van der Waals surface area contributed by atoms with Gasteiger partial charge in [0.2, 0.25) is 0 Å². The largest absolute Gasteiger partial charge is 0.256 e. The molecule has 0 fully saturated rings. The minimum absolute atomic E-state index is 0.102. The lowest BCUT2D eigenvalue weighted by Gasteiger charge is -2.22. The predicted octanol–water partition coefficient (Wildman–Crippen LogP) is 6.01. The molecule has 4 rings (SSSR count). The monoisotopic (exact) mass is 400 g/mol. The standard InChI is InChI=1S/C19H14BrFN2S/c20-14-8-6-13(7-9-14)17-12-18(19-5-2-10-24-19)23(22-17)16-4-1-3-15(21)11-16/h1-11,18H,12H2. The van der Waals surface area contributed by atoms with Gasteiger partial charge in [0, 0.05) is 15.8 Å². The Bertz CT molecular complexity index is 875. The Morgan fingerprint density at radius 3 is 2.62 bits per heavy atom. The highest BCUT2D eigenvalue weighted by molar-refractivity contribution is 9.10. The summed E-state index contributed by atoms with van der Waals surface area (Å²) in [6, 6.07) is 19.0. The summed E-state index contributed by atoms with van der Waals surface area (Å²) in [6.07, 6.45) is 0.804. The second-order valence-corrected chi connectivity index (χ2v) is 7.51. The average molecular weight is 401 g/mol. The molecule has 0 N–H and O–H groups in total. The highest BCUT2D eigenvalue weighted by atomic mass is 79.9. The smallest absolute Gasteiger partial charge is 0.125 e. The quantitative estimate of drug-likeness (QED) is 0.525. The van der Waals surface area contributed by atoms with Crippen molar-refractivity contribution in [3.63, 3.8) is 0 Å². The summed E-state index contributed by atoms with van der Waals surface area (Å²) in [5.74, 6) is -0.246. The normalized spacial score (nSPS) is 17.2. The first-order valence-corrected chi connectivity index (χ1v) is 9.29. The Morgan fingerprint density at radius 2 is 1.92 bits per heavy atom. The Labute approximate surface area is 152 Å². The number of halogens is 2. The molecule has 1 aromatic heterocycles. The van der Waals surface area contributed by atoms with Crippen LogP contribution in [0.5, 0.6) is 0 Å². The number of thiophene rings is 1. The molecule has 0 spiro atoms. The zero-order chi connectivity index (χ0) is 16.5. The number of hydrogen-bond acceptors (Lipinski definition) is 3. The number of anilines is 1. The molecule has 1 aliphatic rings. The molecule has 2 heterocycles. The molecule has 1 unspecified atom stereocenters. The van der Waals surface area contributed by atoms with Gasteiger partial charge in [-0.3, -0.25) is 5.01 Å². The molecule has 0 aliphatic carbocycles. The molecular formula is C19H14BrFN2S. The van der Waals surface area contributed by atoms with E-state index < -0.39 is 0 Å². The van der Waals surface area contributed by atoms with Gasteiger partial charge in [-0.25, -0.2) is 4.39 Å². The van der Waals surface area contributed by atoms with Crippen LogP contribution in [0.25, 0.3) is 0 Å². The molecule has 0 saturated carbocycles. The SMILES string of the molecule is Fc1cccc(N2N=C(c3ccc(Br)cc3)CC2c2cccs2)c1. The molecule has 24 heavy (non-hydrogen) atoms. The van der Waals surface area contributed by atoms with Gasteiger partial charge in [-0.15, -0.1) is 11.3 Å². The maximum absolute atomic E-state index is 13.7. The van der Waals surface area contributed by atoms with Gasteiger partial charge < -0.3 is 0 Å². The van der Waals surface area contributed by atoms with Gasteiger partial charge >= 0.3 is 0 Å². The van der Waals surface area contributed by atoms with Crippen LogP contribution in [0.4, 0.5) is 10.1 Å². The number of benzene rings is 2. The first-order valence-electron chi connectivity index (χ1n) is 7.62. The van der Waals surface area contributed by atoms with Gasteiger partial charge in [-0.1, -0.05) is 40.2 Å². The fraction of sp³-hybridized carbons (Fsp3) is 0.105. The summed E-state index contributed by atoms with van der Waals surface area (Å²) >= 11 is 5.17. The van der Waals surface area contributed by atoms with E-state index in [1.165, 1.54) is 17.0 Å². The minimum atomic E-state index is -0.246. The fourth-order valence-corrected chi connectivity index (χ4v) is 3.96. The van der Waals surface area contributed by atoms with Crippen LogP contribution < -0.4 is 5.01 Å². The molecule has 1 atom stereocenters. The van der Waals surface area contributed by atoms with Gasteiger partial charge in [0.15, 0.2) is 0 Å². The molecule has 0 saturated heterocycles. The molecule has 120 valence electrons. The summed E-state index contributed by atoms with van der Waals surface area (Å²) in [5.41, 5.74) is 2.89. The Morgan fingerprint density at radius 1 is 1.08 bits per heavy atom. The Kier molecular flexibility index (Phi) is 4.21. The van der Waals surface area contributed by atoms with Crippen molar-refractivity contribution in [3.8, 4) is 0 Å². The first-order chi connectivity index (χ1) is 11.7. The van der Waals surface area contributed by atoms with Gasteiger partial charge in [0.1, 0.15) is 5.82 Å². The Balaban J connectivity index is 1.75. The van der Waals surface area contributed by atoms with Crippen molar-refractivity contribution in [2.75, 3.05) is 5.01 Å². The van der Waals surface area contributed by atoms with Crippen LogP contribution in [0, 0.1) is 5.82 Å². The molecular weight excluding hydrogens is 387 g/mol. The summed E-state index contributed by atoms with van der Waals surface area (Å²) in [6.45, 7) is 0. The van der Waals surface area contributed by atoms with Gasteiger partial charge in [0.05, 0.1) is 17.4 Å². The third kappa shape index (κ3) is 3.01. The molecule has 2 nitrogen and oxygen atoms in total. The number of rotatable bonds is 3. The molecule has 1 aliphatic heterocycles. The summed E-state index contributed by atoms with van der Waals surface area (Å²) in [4.78, 5) is 1.23. The number of nitrogens with zero attached hydrogens (tertiary/aromatic N) is 2. The van der Waals surface area contributed by atoms with E-state index in [1.54, 1.807) is 17.4 Å². The van der Waals surface area contributed by atoms with E-state index in [0.29, 0.717) is 0 Å². The third-order valence-electron chi connectivity index (χ3n) is 4.03. The van der Waals surface area contributed by atoms with Crippen molar-refractivity contribution in [3.05, 3.63) is 86.8 Å². The molecule has 5 heteroatoms. The topological polar surface area (TPSA) is 15.6 Å². The van der Waals surface area contributed by atoms with Gasteiger partial charge in [-0.05, 0) is 47.3 Å². The van der Waals surface area contributed by atoms with Crippen LogP contribution in [-0.2, 0) is 0 Å². The van der Waals surface area contributed by atoms with E-state index >= 15 is 0 Å². The predicted molar refractivity (Wildman–Crippen MR) is 101 cm³/mol. The zero-order valence-electron chi connectivity index (χ0n) is 12.7. The maximum atomic E-state index is 13.7. The zero-order valence-corrected chi connectivity index (χ0v) is 15.1. The lowest BCUT2D eigenvalue weighted by molar-refractivity contribution is 0.624. The number of hydrogen-bond donors (Lipinski definition) is 0. The van der Waals surface area contributed by atoms with Crippen molar-refractivity contribution >= 4 is 38.7 Å². The molecule has 0 radical (unpaired) electrons. The third-order valence-corrected chi connectivity index (χ3v) is 5.53. The van der Waals surface area contributed by atoms with E-state index in [-0.39, 0.29) is 11.9 Å². The van der Waals surface area contributed by atoms with E-state index in [0.717, 1.165) is 27.9 Å². The first kappa shape index (κ1) is 15.5. The van der Waals surface area contributed by atoms with Crippen molar-refractivity contribution in [1.29, 1.82) is 0 Å². The summed E-state index contributed by atoms with van der Waals surface area (Å²) in [5, 5.41) is 8.81. The highest BCUT2D eigenvalue weighted by Crippen LogP contribution is 2.38. The number of hydrazone groups is 1. The van der Waals surface area contributed by atoms with E-state index in [4.69, 9.17) is 5.10 Å². The maximum Gasteiger partial charge on any atom is 0.125 e. The fourth-order valence-electron chi connectivity index (χ4n) is 2.89. The molecule has 3 aromatic rings. The minimum Gasteiger partial charge on any atom is -0.256 e. The average Bonchev–Trinajstić information content (AvgIpc) is 3.25. The van der Waals surface area contributed by atoms with Crippen LogP contribution in [0.2, 0.25) is 0 Å². The van der Waals surface area contributed by atoms with Crippen LogP contribution in [0.15, 0.2) is 75.6 Å². The van der Waals surface area contributed by atoms with Crippen molar-refractivity contribution in [1.82, 2.24) is 0 Å². The lowest BCUT2D eigenvalue weighted by Crippen LogP contribution is -2.17. The highest BCUT2D eigenvalue weighted by Gasteiger charge is 2.30. The second kappa shape index (κ2) is 6.49. The van der Waals surface area contributed by atoms with Crippen LogP contribution in [0.1, 0.15) is 22.9 Å². The van der Waals surface area contributed by atoms with E-state index in [1.807, 2.05) is 29.3 Å². The van der Waals surface area contributed by atoms with Crippen LogP contribution in [-0.4, -0.2) is 5.71 Å². The van der Waals surface area contributed by atoms with Crippen molar-refractivity contribution in [2.24, 2.45) is 5.10 Å². The van der Waals surface area contributed by atoms with Gasteiger partial charge in [-0.2, -0.15) is 5.10 Å². The second-order valence-electron chi connectivity index (χ2n) is 5.61. The lowest BCUT2D eigenvalue weighted by atomic mass is 10.0. The van der Waals surface area contributed by atoms with Crippen molar-refractivity contribution < 1.29 is 4.39 Å². The van der Waals surface area contributed by atoms with E-state index in [2.05, 4.69) is 39.5 Å². The van der Waals surface area contributed by atoms with Crippen LogP contribution in [0.3, 0.4) is 0 Å². The Hall–Kier alpha value is -1.98. The molecule has 2 aromatic carbocycles. The van der Waals surface area contributed by atoms with E-state index in [9.17, 15) is 4.39 Å². The summed E-state index contributed by atoms with van der Waals surface area (Å²) in [7, 11) is 0. The molecule has 0 amide bonds. The van der Waals surface area contributed by atoms with Crippen LogP contribution >= 0.6 is 27.3 Å². The van der Waals surface area contributed by atoms with Gasteiger partial charge in [0.25, 0.3) is 0 Å².